The monoisotopic (exact) mass is 313 g/mol. The molecule has 1 aliphatic rings. The van der Waals surface area contributed by atoms with E-state index in [9.17, 15) is 4.79 Å². The molecule has 0 radical (unpaired) electrons. The predicted octanol–water partition coefficient (Wildman–Crippen LogP) is 2.59. The smallest absolute Gasteiger partial charge is 0.255 e. The molecule has 0 bridgehead atoms. The number of para-hydroxylation sites is 1. The molecule has 5 heteroatoms. The van der Waals surface area contributed by atoms with E-state index in [1.165, 1.54) is 24.1 Å². The molecule has 1 aromatic heterocycles. The number of fused-ring (bicyclic) bond motifs is 1. The highest BCUT2D eigenvalue weighted by Crippen LogP contribution is 2.20. The number of nitrogens with one attached hydrogen (secondary N) is 1. The van der Waals surface area contributed by atoms with Crippen LogP contribution in [0.2, 0.25) is 0 Å². The largest absolute Gasteiger partial charge is 0.493 e. The van der Waals surface area contributed by atoms with E-state index in [0.29, 0.717) is 31.0 Å². The van der Waals surface area contributed by atoms with Gasteiger partial charge in [-0.2, -0.15) is 5.10 Å². The van der Waals surface area contributed by atoms with E-state index in [1.54, 1.807) is 6.07 Å². The van der Waals surface area contributed by atoms with E-state index in [4.69, 9.17) is 4.74 Å². The number of hydrogen-bond acceptors (Lipinski definition) is 3. The standard InChI is InChI=1S/C18H23N3O2/c1-2-23-17-10-6-4-8-15(17)18(22)19-11-12-21-16-9-5-3-7-14(16)13-20-21/h4,6,8,10,13H,2-3,5,7,9,11-12H2,1H3,(H,19,22). The van der Waals surface area contributed by atoms with Crippen molar-refractivity contribution in [3.8, 4) is 5.75 Å². The van der Waals surface area contributed by atoms with Gasteiger partial charge in [-0.15, -0.1) is 0 Å². The maximum atomic E-state index is 12.3. The first kappa shape index (κ1) is 15.6. The summed E-state index contributed by atoms with van der Waals surface area (Å²) in [4.78, 5) is 12.3. The number of amides is 1. The molecule has 2 aromatic rings. The van der Waals surface area contributed by atoms with Crippen molar-refractivity contribution in [3.05, 3.63) is 47.3 Å². The van der Waals surface area contributed by atoms with Gasteiger partial charge in [-0.05, 0) is 50.3 Å². The van der Waals surface area contributed by atoms with Crippen LogP contribution in [0.25, 0.3) is 0 Å². The van der Waals surface area contributed by atoms with Gasteiger partial charge in [0.1, 0.15) is 5.75 Å². The Morgan fingerprint density at radius 1 is 1.30 bits per heavy atom. The molecule has 0 fully saturated rings. The lowest BCUT2D eigenvalue weighted by Crippen LogP contribution is -2.28. The summed E-state index contributed by atoms with van der Waals surface area (Å²) in [5, 5.41) is 7.42. The van der Waals surface area contributed by atoms with Gasteiger partial charge in [-0.25, -0.2) is 0 Å². The third kappa shape index (κ3) is 3.55. The van der Waals surface area contributed by atoms with Crippen LogP contribution in [0, 0.1) is 0 Å². The second-order valence-electron chi connectivity index (χ2n) is 5.73. The van der Waals surface area contributed by atoms with Gasteiger partial charge in [0, 0.05) is 12.2 Å². The van der Waals surface area contributed by atoms with Gasteiger partial charge < -0.3 is 10.1 Å². The van der Waals surface area contributed by atoms with Gasteiger partial charge in [0.15, 0.2) is 0 Å². The molecule has 0 saturated heterocycles. The van der Waals surface area contributed by atoms with Crippen LogP contribution in [0.5, 0.6) is 5.75 Å². The van der Waals surface area contributed by atoms with E-state index < -0.39 is 0 Å². The molecule has 23 heavy (non-hydrogen) atoms. The first-order valence-electron chi connectivity index (χ1n) is 8.33. The molecule has 0 saturated carbocycles. The van der Waals surface area contributed by atoms with Gasteiger partial charge >= 0.3 is 0 Å². The van der Waals surface area contributed by atoms with E-state index in [-0.39, 0.29) is 5.91 Å². The number of benzene rings is 1. The Kier molecular flexibility index (Phi) is 4.95. The van der Waals surface area contributed by atoms with Crippen LogP contribution in [0.1, 0.15) is 41.4 Å². The number of rotatable bonds is 6. The fourth-order valence-electron chi connectivity index (χ4n) is 3.05. The minimum atomic E-state index is -0.102. The highest BCUT2D eigenvalue weighted by atomic mass is 16.5. The summed E-state index contributed by atoms with van der Waals surface area (Å²) < 4.78 is 7.54. The Hall–Kier alpha value is -2.30. The van der Waals surface area contributed by atoms with Crippen molar-refractivity contribution in [1.82, 2.24) is 15.1 Å². The molecule has 1 aliphatic carbocycles. The van der Waals surface area contributed by atoms with Crippen LogP contribution in [0.4, 0.5) is 0 Å². The molecule has 0 spiro atoms. The zero-order valence-electron chi connectivity index (χ0n) is 13.5. The highest BCUT2D eigenvalue weighted by Gasteiger charge is 2.15. The summed E-state index contributed by atoms with van der Waals surface area (Å²) in [7, 11) is 0. The molecule has 5 nitrogen and oxygen atoms in total. The Labute approximate surface area is 136 Å². The molecular weight excluding hydrogens is 290 g/mol. The zero-order valence-corrected chi connectivity index (χ0v) is 13.5. The molecule has 3 rings (SSSR count). The maximum absolute atomic E-state index is 12.3. The number of aryl methyl sites for hydroxylation is 1. The molecule has 1 amide bonds. The minimum Gasteiger partial charge on any atom is -0.493 e. The van der Waals surface area contributed by atoms with Crippen molar-refractivity contribution >= 4 is 5.91 Å². The van der Waals surface area contributed by atoms with Gasteiger partial charge in [0.25, 0.3) is 5.91 Å². The quantitative estimate of drug-likeness (QED) is 0.892. The SMILES string of the molecule is CCOc1ccccc1C(=O)NCCn1ncc2c1CCCC2. The van der Waals surface area contributed by atoms with Crippen molar-refractivity contribution in [1.29, 1.82) is 0 Å². The average molecular weight is 313 g/mol. The van der Waals surface area contributed by atoms with Crippen LogP contribution < -0.4 is 10.1 Å². The average Bonchev–Trinajstić information content (AvgIpc) is 2.99. The molecule has 1 heterocycles. The molecular formula is C18H23N3O2. The third-order valence-electron chi connectivity index (χ3n) is 4.19. The topological polar surface area (TPSA) is 56.1 Å². The van der Waals surface area contributed by atoms with Gasteiger partial charge in [-0.3, -0.25) is 9.48 Å². The van der Waals surface area contributed by atoms with Crippen LogP contribution >= 0.6 is 0 Å². The number of hydrogen-bond donors (Lipinski definition) is 1. The fraction of sp³-hybridized carbons (Fsp3) is 0.444. The summed E-state index contributed by atoms with van der Waals surface area (Å²) in [6.45, 7) is 3.73. The number of nitrogens with zero attached hydrogens (tertiary/aromatic N) is 2. The summed E-state index contributed by atoms with van der Waals surface area (Å²) in [5.74, 6) is 0.527. The first-order chi connectivity index (χ1) is 11.3. The molecule has 0 atom stereocenters. The molecule has 122 valence electrons. The lowest BCUT2D eigenvalue weighted by atomic mass is 9.98. The van der Waals surface area contributed by atoms with Crippen molar-refractivity contribution in [3.63, 3.8) is 0 Å². The van der Waals surface area contributed by atoms with Crippen molar-refractivity contribution in [2.45, 2.75) is 39.2 Å². The first-order valence-corrected chi connectivity index (χ1v) is 8.33. The zero-order chi connectivity index (χ0) is 16.1. The van der Waals surface area contributed by atoms with E-state index in [1.807, 2.05) is 36.0 Å². The summed E-state index contributed by atoms with van der Waals surface area (Å²) in [5.41, 5.74) is 3.28. The Morgan fingerprint density at radius 3 is 3.00 bits per heavy atom. The van der Waals surface area contributed by atoms with E-state index in [0.717, 1.165) is 12.8 Å². The van der Waals surface area contributed by atoms with Gasteiger partial charge in [0.05, 0.1) is 24.9 Å². The van der Waals surface area contributed by atoms with Crippen LogP contribution in [-0.2, 0) is 19.4 Å². The lowest BCUT2D eigenvalue weighted by molar-refractivity contribution is 0.0948. The number of carbonyl (C=O) groups is 1. The number of aromatic nitrogens is 2. The Balaban J connectivity index is 1.58. The van der Waals surface area contributed by atoms with Crippen LogP contribution in [0.3, 0.4) is 0 Å². The Bertz CT molecular complexity index is 679. The summed E-state index contributed by atoms with van der Waals surface area (Å²) >= 11 is 0. The molecule has 1 aromatic carbocycles. The van der Waals surface area contributed by atoms with Crippen molar-refractivity contribution in [2.24, 2.45) is 0 Å². The number of carbonyl (C=O) groups excluding carboxylic acids is 1. The van der Waals surface area contributed by atoms with Crippen LogP contribution in [0.15, 0.2) is 30.5 Å². The molecule has 0 aliphatic heterocycles. The second kappa shape index (κ2) is 7.31. The lowest BCUT2D eigenvalue weighted by Gasteiger charge is -2.14. The third-order valence-corrected chi connectivity index (χ3v) is 4.19. The number of ether oxygens (including phenoxy) is 1. The minimum absolute atomic E-state index is 0.102. The normalized spacial score (nSPS) is 13.4. The van der Waals surface area contributed by atoms with Gasteiger partial charge in [0.2, 0.25) is 0 Å². The summed E-state index contributed by atoms with van der Waals surface area (Å²) in [6.07, 6.45) is 6.68. The van der Waals surface area contributed by atoms with Crippen LogP contribution in [-0.4, -0.2) is 28.8 Å². The highest BCUT2D eigenvalue weighted by molar-refractivity contribution is 5.96. The predicted molar refractivity (Wildman–Crippen MR) is 88.8 cm³/mol. The molecule has 0 unspecified atom stereocenters. The maximum Gasteiger partial charge on any atom is 0.255 e. The van der Waals surface area contributed by atoms with E-state index >= 15 is 0 Å². The van der Waals surface area contributed by atoms with E-state index in [2.05, 4.69) is 10.4 Å². The Morgan fingerprint density at radius 2 is 2.13 bits per heavy atom. The van der Waals surface area contributed by atoms with Crippen molar-refractivity contribution < 1.29 is 9.53 Å². The second-order valence-corrected chi connectivity index (χ2v) is 5.73. The fourth-order valence-corrected chi connectivity index (χ4v) is 3.05. The van der Waals surface area contributed by atoms with Crippen molar-refractivity contribution in [2.75, 3.05) is 13.2 Å². The summed E-state index contributed by atoms with van der Waals surface area (Å²) in [6, 6.07) is 7.33. The van der Waals surface area contributed by atoms with Gasteiger partial charge in [-0.1, -0.05) is 12.1 Å². The molecule has 1 N–H and O–H groups in total.